The molecular weight excluding hydrogens is 220 g/mol. The van der Waals surface area contributed by atoms with Crippen LogP contribution in [-0.4, -0.2) is 40.6 Å². The lowest BCUT2D eigenvalue weighted by Gasteiger charge is -2.39. The Balaban J connectivity index is 1.93. The van der Waals surface area contributed by atoms with Gasteiger partial charge in [-0.15, -0.1) is 0 Å². The second-order valence-corrected chi connectivity index (χ2v) is 5.07. The van der Waals surface area contributed by atoms with Crippen molar-refractivity contribution in [3.05, 3.63) is 0 Å². The summed E-state index contributed by atoms with van der Waals surface area (Å²) >= 11 is 0. The highest BCUT2D eigenvalue weighted by Crippen LogP contribution is 2.32. The van der Waals surface area contributed by atoms with E-state index in [1.165, 1.54) is 0 Å². The number of urea groups is 1. The molecule has 5 heteroatoms. The first kappa shape index (κ1) is 12.2. The van der Waals surface area contributed by atoms with Gasteiger partial charge in [-0.05, 0) is 32.1 Å². The van der Waals surface area contributed by atoms with Gasteiger partial charge in [0.25, 0.3) is 0 Å². The van der Waals surface area contributed by atoms with Gasteiger partial charge in [0.2, 0.25) is 0 Å². The van der Waals surface area contributed by atoms with Gasteiger partial charge in [-0.3, -0.25) is 0 Å². The van der Waals surface area contributed by atoms with E-state index in [1.807, 2.05) is 0 Å². The normalized spacial score (nSPS) is 23.4. The van der Waals surface area contributed by atoms with E-state index in [0.717, 1.165) is 45.2 Å². The van der Waals surface area contributed by atoms with Gasteiger partial charge in [-0.25, -0.2) is 9.59 Å². The molecule has 17 heavy (non-hydrogen) atoms. The zero-order chi connectivity index (χ0) is 12.3. The van der Waals surface area contributed by atoms with E-state index < -0.39 is 11.5 Å². The van der Waals surface area contributed by atoms with E-state index in [9.17, 15) is 9.59 Å². The molecule has 0 radical (unpaired) electrons. The molecule has 1 aliphatic carbocycles. The minimum Gasteiger partial charge on any atom is -0.480 e. The number of hydrogen-bond donors (Lipinski definition) is 2. The second-order valence-electron chi connectivity index (χ2n) is 5.07. The molecule has 2 aliphatic rings. The number of amides is 2. The van der Waals surface area contributed by atoms with Crippen LogP contribution in [0.1, 0.15) is 44.9 Å². The molecule has 1 saturated heterocycles. The second kappa shape index (κ2) is 4.94. The van der Waals surface area contributed by atoms with Crippen molar-refractivity contribution in [1.82, 2.24) is 10.2 Å². The number of nitrogens with zero attached hydrogens (tertiary/aromatic N) is 1. The fourth-order valence-corrected chi connectivity index (χ4v) is 2.48. The summed E-state index contributed by atoms with van der Waals surface area (Å²) in [6.45, 7) is 1.50. The standard InChI is InChI=1S/C12H20N2O3/c15-10(16)12(6-5-7-12)13-11(17)14-8-3-1-2-4-9-14/h1-9H2,(H,13,17)(H,15,16). The van der Waals surface area contributed by atoms with Crippen molar-refractivity contribution in [1.29, 1.82) is 0 Å². The fourth-order valence-electron chi connectivity index (χ4n) is 2.48. The van der Waals surface area contributed by atoms with E-state index in [-0.39, 0.29) is 6.03 Å². The third-order valence-corrected chi connectivity index (χ3v) is 3.86. The number of carboxylic acid groups (broad SMARTS) is 1. The molecule has 0 aromatic carbocycles. The topological polar surface area (TPSA) is 69.6 Å². The Morgan fingerprint density at radius 2 is 1.59 bits per heavy atom. The number of hydrogen-bond acceptors (Lipinski definition) is 2. The Kier molecular flexibility index (Phi) is 3.54. The zero-order valence-corrected chi connectivity index (χ0v) is 10.1. The summed E-state index contributed by atoms with van der Waals surface area (Å²) in [7, 11) is 0. The average Bonchev–Trinajstić information content (AvgIpc) is 2.50. The number of carboxylic acids is 1. The van der Waals surface area contributed by atoms with E-state index in [0.29, 0.717) is 12.8 Å². The fraction of sp³-hybridized carbons (Fsp3) is 0.833. The number of carbonyl (C=O) groups is 2. The van der Waals surface area contributed by atoms with Gasteiger partial charge in [-0.2, -0.15) is 0 Å². The monoisotopic (exact) mass is 240 g/mol. The minimum atomic E-state index is -0.983. The zero-order valence-electron chi connectivity index (χ0n) is 10.1. The maximum atomic E-state index is 12.0. The summed E-state index contributed by atoms with van der Waals surface area (Å²) in [5, 5.41) is 11.9. The van der Waals surface area contributed by atoms with Crippen molar-refractivity contribution in [3.8, 4) is 0 Å². The molecular formula is C12H20N2O3. The van der Waals surface area contributed by atoms with Crippen molar-refractivity contribution in [2.45, 2.75) is 50.5 Å². The molecule has 2 rings (SSSR count). The van der Waals surface area contributed by atoms with Crippen LogP contribution in [0.15, 0.2) is 0 Å². The van der Waals surface area contributed by atoms with Crippen molar-refractivity contribution < 1.29 is 14.7 Å². The highest BCUT2D eigenvalue weighted by molar-refractivity contribution is 5.87. The molecule has 0 bridgehead atoms. The number of aliphatic carboxylic acids is 1. The van der Waals surface area contributed by atoms with E-state index in [2.05, 4.69) is 5.32 Å². The van der Waals surface area contributed by atoms with Gasteiger partial charge in [0.05, 0.1) is 0 Å². The van der Waals surface area contributed by atoms with Crippen LogP contribution in [0.25, 0.3) is 0 Å². The average molecular weight is 240 g/mol. The lowest BCUT2D eigenvalue weighted by Crippen LogP contribution is -2.61. The Hall–Kier alpha value is -1.26. The van der Waals surface area contributed by atoms with Gasteiger partial charge in [-0.1, -0.05) is 12.8 Å². The van der Waals surface area contributed by atoms with Crippen LogP contribution < -0.4 is 5.32 Å². The minimum absolute atomic E-state index is 0.200. The lowest BCUT2D eigenvalue weighted by molar-refractivity contribution is -0.148. The number of nitrogens with one attached hydrogen (secondary N) is 1. The number of carbonyl (C=O) groups excluding carboxylic acids is 1. The molecule has 0 aromatic rings. The SMILES string of the molecule is O=C(NC1(C(=O)O)CCC1)N1CCCCCC1. The molecule has 0 unspecified atom stereocenters. The summed E-state index contributed by atoms with van der Waals surface area (Å²) in [6, 6.07) is -0.200. The molecule has 1 saturated carbocycles. The molecule has 1 heterocycles. The smallest absolute Gasteiger partial charge is 0.329 e. The van der Waals surface area contributed by atoms with Crippen LogP contribution >= 0.6 is 0 Å². The molecule has 0 atom stereocenters. The van der Waals surface area contributed by atoms with Gasteiger partial charge in [0.15, 0.2) is 0 Å². The first-order chi connectivity index (χ1) is 8.14. The Labute approximate surface area is 101 Å². The third kappa shape index (κ3) is 2.53. The maximum absolute atomic E-state index is 12.0. The van der Waals surface area contributed by atoms with Gasteiger partial charge >= 0.3 is 12.0 Å². The predicted molar refractivity (Wildman–Crippen MR) is 62.8 cm³/mol. The van der Waals surface area contributed by atoms with Crippen LogP contribution in [0.2, 0.25) is 0 Å². The van der Waals surface area contributed by atoms with Crippen molar-refractivity contribution in [3.63, 3.8) is 0 Å². The highest BCUT2D eigenvalue weighted by Gasteiger charge is 2.46. The largest absolute Gasteiger partial charge is 0.480 e. The predicted octanol–water partition coefficient (Wildman–Crippen LogP) is 1.58. The van der Waals surface area contributed by atoms with Crippen LogP contribution in [0.3, 0.4) is 0 Å². The van der Waals surface area contributed by atoms with Crippen molar-refractivity contribution >= 4 is 12.0 Å². The quantitative estimate of drug-likeness (QED) is 0.770. The van der Waals surface area contributed by atoms with Crippen LogP contribution in [-0.2, 0) is 4.79 Å². The summed E-state index contributed by atoms with van der Waals surface area (Å²) in [5.74, 6) is -0.896. The Morgan fingerprint density at radius 3 is 2.00 bits per heavy atom. The summed E-state index contributed by atoms with van der Waals surface area (Å²) < 4.78 is 0. The molecule has 0 aromatic heterocycles. The highest BCUT2D eigenvalue weighted by atomic mass is 16.4. The third-order valence-electron chi connectivity index (χ3n) is 3.86. The maximum Gasteiger partial charge on any atom is 0.329 e. The summed E-state index contributed by atoms with van der Waals surface area (Å²) in [6.07, 6.45) is 6.36. The van der Waals surface area contributed by atoms with Crippen LogP contribution in [0.4, 0.5) is 4.79 Å². The van der Waals surface area contributed by atoms with E-state index in [1.54, 1.807) is 4.90 Å². The van der Waals surface area contributed by atoms with Gasteiger partial charge < -0.3 is 15.3 Å². The molecule has 2 amide bonds. The van der Waals surface area contributed by atoms with Crippen LogP contribution in [0, 0.1) is 0 Å². The van der Waals surface area contributed by atoms with Crippen molar-refractivity contribution in [2.75, 3.05) is 13.1 Å². The first-order valence-corrected chi connectivity index (χ1v) is 6.45. The molecule has 2 fully saturated rings. The Morgan fingerprint density at radius 1 is 1.00 bits per heavy atom. The first-order valence-electron chi connectivity index (χ1n) is 6.45. The summed E-state index contributed by atoms with van der Waals surface area (Å²) in [5.41, 5.74) is -0.983. The number of rotatable bonds is 2. The molecule has 2 N–H and O–H groups in total. The van der Waals surface area contributed by atoms with E-state index in [4.69, 9.17) is 5.11 Å². The van der Waals surface area contributed by atoms with Gasteiger partial charge in [0.1, 0.15) is 5.54 Å². The van der Waals surface area contributed by atoms with Crippen molar-refractivity contribution in [2.24, 2.45) is 0 Å². The Bertz CT molecular complexity index is 305. The van der Waals surface area contributed by atoms with E-state index >= 15 is 0 Å². The molecule has 0 spiro atoms. The molecule has 1 aliphatic heterocycles. The lowest BCUT2D eigenvalue weighted by atomic mass is 9.77. The van der Waals surface area contributed by atoms with Gasteiger partial charge in [0, 0.05) is 13.1 Å². The summed E-state index contributed by atoms with van der Waals surface area (Å²) in [4.78, 5) is 24.9. The molecule has 96 valence electrons. The van der Waals surface area contributed by atoms with Crippen LogP contribution in [0.5, 0.6) is 0 Å². The number of likely N-dealkylation sites (tertiary alicyclic amines) is 1. The molecule has 5 nitrogen and oxygen atoms in total.